The Bertz CT molecular complexity index is 737. The molecule has 1 N–H and O–H groups in total. The van der Waals surface area contributed by atoms with Gasteiger partial charge in [0.05, 0.1) is 6.33 Å². The minimum Gasteiger partial charge on any atom is -0.364 e. The second-order valence-corrected chi connectivity index (χ2v) is 5.22. The third-order valence-electron chi connectivity index (χ3n) is 3.15. The van der Waals surface area contributed by atoms with E-state index in [9.17, 15) is 0 Å². The van der Waals surface area contributed by atoms with Crippen molar-refractivity contribution in [3.05, 3.63) is 47.0 Å². The molecule has 102 valence electrons. The molecule has 0 bridgehead atoms. The van der Waals surface area contributed by atoms with Crippen molar-refractivity contribution in [3.8, 4) is 0 Å². The molecule has 2 aromatic heterocycles. The van der Waals surface area contributed by atoms with Gasteiger partial charge in [0.25, 0.3) is 0 Å². The lowest BCUT2D eigenvalue weighted by Gasteiger charge is -2.07. The molecule has 3 rings (SSSR count). The number of fused-ring (bicyclic) bond motifs is 1. The lowest BCUT2D eigenvalue weighted by atomic mass is 10.2. The van der Waals surface area contributed by atoms with Crippen molar-refractivity contribution in [2.75, 3.05) is 5.32 Å². The van der Waals surface area contributed by atoms with Crippen LogP contribution in [0.5, 0.6) is 0 Å². The first-order valence-electron chi connectivity index (χ1n) is 6.42. The quantitative estimate of drug-likeness (QED) is 0.797. The highest BCUT2D eigenvalue weighted by Gasteiger charge is 2.09. The highest BCUT2D eigenvalue weighted by molar-refractivity contribution is 9.10. The highest BCUT2D eigenvalue weighted by atomic mass is 79.9. The van der Waals surface area contributed by atoms with Crippen LogP contribution in [0.2, 0.25) is 0 Å². The normalized spacial score (nSPS) is 10.9. The first-order valence-corrected chi connectivity index (χ1v) is 7.22. The lowest BCUT2D eigenvalue weighted by molar-refractivity contribution is 0.777. The summed E-state index contributed by atoms with van der Waals surface area (Å²) >= 11 is 3.54. The minimum atomic E-state index is 0.687. The Morgan fingerprint density at radius 2 is 2.05 bits per heavy atom. The van der Waals surface area contributed by atoms with E-state index in [2.05, 4.69) is 49.2 Å². The number of aryl methyl sites for hydroxylation is 1. The van der Waals surface area contributed by atoms with Crippen LogP contribution in [0.15, 0.2) is 41.4 Å². The molecule has 0 atom stereocenters. The number of nitrogens with one attached hydrogen (secondary N) is 1. The van der Waals surface area contributed by atoms with Crippen molar-refractivity contribution in [1.29, 1.82) is 0 Å². The summed E-state index contributed by atoms with van der Waals surface area (Å²) in [6.45, 7) is 3.60. The Balaban J connectivity index is 1.88. The molecule has 2 heterocycles. The average Bonchev–Trinajstić information content (AvgIpc) is 2.90. The second-order valence-electron chi connectivity index (χ2n) is 4.37. The van der Waals surface area contributed by atoms with Crippen molar-refractivity contribution >= 4 is 32.9 Å². The van der Waals surface area contributed by atoms with Gasteiger partial charge in [-0.25, -0.2) is 15.0 Å². The van der Waals surface area contributed by atoms with Gasteiger partial charge >= 0.3 is 0 Å². The first-order chi connectivity index (χ1) is 9.79. The SMILES string of the molecule is CCn1cnc2c(NCc3ccccc3Br)ncnc21. The molecule has 0 spiro atoms. The summed E-state index contributed by atoms with van der Waals surface area (Å²) in [4.78, 5) is 13.0. The summed E-state index contributed by atoms with van der Waals surface area (Å²) in [6, 6.07) is 8.11. The first kappa shape index (κ1) is 13.1. The van der Waals surface area contributed by atoms with E-state index < -0.39 is 0 Å². The Kier molecular flexibility index (Phi) is 3.64. The van der Waals surface area contributed by atoms with Gasteiger partial charge in [0.1, 0.15) is 11.8 Å². The average molecular weight is 332 g/mol. The van der Waals surface area contributed by atoms with Crippen molar-refractivity contribution in [2.45, 2.75) is 20.0 Å². The van der Waals surface area contributed by atoms with Gasteiger partial charge in [-0.05, 0) is 18.6 Å². The zero-order valence-corrected chi connectivity index (χ0v) is 12.6. The smallest absolute Gasteiger partial charge is 0.165 e. The number of anilines is 1. The maximum Gasteiger partial charge on any atom is 0.165 e. The van der Waals surface area contributed by atoms with E-state index in [1.807, 2.05) is 22.8 Å². The van der Waals surface area contributed by atoms with Gasteiger partial charge in [0.15, 0.2) is 11.5 Å². The van der Waals surface area contributed by atoms with Crippen LogP contribution < -0.4 is 5.32 Å². The minimum absolute atomic E-state index is 0.687. The van der Waals surface area contributed by atoms with E-state index in [0.29, 0.717) is 6.54 Å². The van der Waals surface area contributed by atoms with Crippen LogP contribution in [-0.2, 0) is 13.1 Å². The summed E-state index contributed by atoms with van der Waals surface area (Å²) in [5, 5.41) is 3.33. The molecule has 3 aromatic rings. The van der Waals surface area contributed by atoms with Crippen LogP contribution in [0, 0.1) is 0 Å². The molecule has 20 heavy (non-hydrogen) atoms. The zero-order chi connectivity index (χ0) is 13.9. The van der Waals surface area contributed by atoms with E-state index in [4.69, 9.17) is 0 Å². The Morgan fingerprint density at radius 3 is 2.85 bits per heavy atom. The monoisotopic (exact) mass is 331 g/mol. The summed E-state index contributed by atoms with van der Waals surface area (Å²) < 4.78 is 3.08. The topological polar surface area (TPSA) is 55.6 Å². The van der Waals surface area contributed by atoms with Crippen molar-refractivity contribution in [1.82, 2.24) is 19.5 Å². The summed E-state index contributed by atoms with van der Waals surface area (Å²) in [5.41, 5.74) is 2.84. The molecular weight excluding hydrogens is 318 g/mol. The van der Waals surface area contributed by atoms with Gasteiger partial charge < -0.3 is 9.88 Å². The fourth-order valence-corrected chi connectivity index (χ4v) is 2.49. The van der Waals surface area contributed by atoms with Crippen LogP contribution >= 0.6 is 15.9 Å². The van der Waals surface area contributed by atoms with Gasteiger partial charge in [0.2, 0.25) is 0 Å². The number of aromatic nitrogens is 4. The molecule has 0 aliphatic rings. The van der Waals surface area contributed by atoms with Crippen molar-refractivity contribution < 1.29 is 0 Å². The summed E-state index contributed by atoms with van der Waals surface area (Å²) in [5.74, 6) is 0.762. The lowest BCUT2D eigenvalue weighted by Crippen LogP contribution is -2.03. The number of benzene rings is 1. The Labute approximate surface area is 125 Å². The van der Waals surface area contributed by atoms with Gasteiger partial charge in [-0.1, -0.05) is 34.1 Å². The van der Waals surface area contributed by atoms with Crippen molar-refractivity contribution in [3.63, 3.8) is 0 Å². The van der Waals surface area contributed by atoms with Gasteiger partial charge in [-0.15, -0.1) is 0 Å². The molecule has 0 amide bonds. The van der Waals surface area contributed by atoms with Crippen molar-refractivity contribution in [2.24, 2.45) is 0 Å². The molecule has 0 saturated heterocycles. The van der Waals surface area contributed by atoms with Crippen LogP contribution in [0.3, 0.4) is 0 Å². The number of hydrogen-bond acceptors (Lipinski definition) is 4. The molecule has 0 aliphatic heterocycles. The fraction of sp³-hybridized carbons (Fsp3) is 0.214. The number of hydrogen-bond donors (Lipinski definition) is 1. The standard InChI is InChI=1S/C14H14BrN5/c1-2-20-9-19-12-13(17-8-18-14(12)20)16-7-10-5-3-4-6-11(10)15/h3-6,8-9H,2,7H2,1H3,(H,16,17,18). The predicted molar refractivity (Wildman–Crippen MR) is 82.5 cm³/mol. The molecular formula is C14H14BrN5. The second kappa shape index (κ2) is 5.58. The molecule has 1 aromatic carbocycles. The largest absolute Gasteiger partial charge is 0.364 e. The van der Waals surface area contributed by atoms with E-state index >= 15 is 0 Å². The molecule has 0 saturated carbocycles. The number of rotatable bonds is 4. The highest BCUT2D eigenvalue weighted by Crippen LogP contribution is 2.20. The number of imidazole rings is 1. The number of nitrogens with zero attached hydrogens (tertiary/aromatic N) is 4. The molecule has 0 unspecified atom stereocenters. The molecule has 5 nitrogen and oxygen atoms in total. The number of halogens is 1. The molecule has 6 heteroatoms. The van der Waals surface area contributed by atoms with E-state index in [1.165, 1.54) is 5.56 Å². The van der Waals surface area contributed by atoms with Crippen LogP contribution in [0.1, 0.15) is 12.5 Å². The van der Waals surface area contributed by atoms with Crippen LogP contribution in [-0.4, -0.2) is 19.5 Å². The fourth-order valence-electron chi connectivity index (χ4n) is 2.06. The van der Waals surface area contributed by atoms with Crippen LogP contribution in [0.4, 0.5) is 5.82 Å². The summed E-state index contributed by atoms with van der Waals surface area (Å²) in [6.07, 6.45) is 3.36. The Hall–Kier alpha value is -1.95. The van der Waals surface area contributed by atoms with Crippen LogP contribution in [0.25, 0.3) is 11.2 Å². The van der Waals surface area contributed by atoms with E-state index in [0.717, 1.165) is 28.0 Å². The van der Waals surface area contributed by atoms with E-state index in [-0.39, 0.29) is 0 Å². The van der Waals surface area contributed by atoms with Gasteiger partial charge in [0, 0.05) is 17.6 Å². The zero-order valence-electron chi connectivity index (χ0n) is 11.0. The third-order valence-corrected chi connectivity index (χ3v) is 3.92. The maximum atomic E-state index is 4.39. The maximum absolute atomic E-state index is 4.39. The van der Waals surface area contributed by atoms with E-state index in [1.54, 1.807) is 12.7 Å². The summed E-state index contributed by atoms with van der Waals surface area (Å²) in [7, 11) is 0. The molecule has 0 radical (unpaired) electrons. The third kappa shape index (κ3) is 2.38. The van der Waals surface area contributed by atoms with Gasteiger partial charge in [-0.3, -0.25) is 0 Å². The predicted octanol–water partition coefficient (Wildman–Crippen LogP) is 3.22. The molecule has 0 aliphatic carbocycles. The Morgan fingerprint density at radius 1 is 1.20 bits per heavy atom. The van der Waals surface area contributed by atoms with Gasteiger partial charge in [-0.2, -0.15) is 0 Å². The molecule has 0 fully saturated rings.